The van der Waals surface area contributed by atoms with Crippen LogP contribution in [0.25, 0.3) is 0 Å². The van der Waals surface area contributed by atoms with Gasteiger partial charge in [0, 0.05) is 56.0 Å². The molecule has 0 bridgehead atoms. The number of fused-ring (bicyclic) bond motifs is 1. The number of carbonyl (C=O) groups excluding carboxylic acids is 3. The maximum Gasteiger partial charge on any atom is 0.255 e. The molecule has 1 atom stereocenters. The van der Waals surface area contributed by atoms with Gasteiger partial charge in [0.15, 0.2) is 0 Å². The molecule has 0 saturated carbocycles. The Morgan fingerprint density at radius 1 is 1.27 bits per heavy atom. The van der Waals surface area contributed by atoms with Gasteiger partial charge in [-0.1, -0.05) is 6.07 Å². The molecule has 0 radical (unpaired) electrons. The Bertz CT molecular complexity index is 1010. The molecule has 2 aromatic rings. The Morgan fingerprint density at radius 2 is 2.09 bits per heavy atom. The first-order valence-electron chi connectivity index (χ1n) is 10.7. The van der Waals surface area contributed by atoms with Crippen LogP contribution in [0.4, 0.5) is 10.1 Å². The van der Waals surface area contributed by atoms with Crippen LogP contribution in [-0.2, 0) is 27.4 Å². The van der Waals surface area contributed by atoms with Crippen molar-refractivity contribution < 1.29 is 28.2 Å². The van der Waals surface area contributed by atoms with E-state index < -0.39 is 6.04 Å². The quantitative estimate of drug-likeness (QED) is 0.376. The van der Waals surface area contributed by atoms with Gasteiger partial charge in [0.05, 0.1) is 6.61 Å². The zero-order chi connectivity index (χ0) is 23.8. The SMILES string of the molecule is CNC(=O)C(CCC=O)N1Cc2c(NCc3cc(OCCOC)ccc3F)cccc2C1=O. The smallest absolute Gasteiger partial charge is 0.255 e. The predicted octanol–water partition coefficient (Wildman–Crippen LogP) is 2.51. The molecule has 1 unspecified atom stereocenters. The Kier molecular flexibility index (Phi) is 8.37. The van der Waals surface area contributed by atoms with E-state index in [-0.39, 0.29) is 43.6 Å². The van der Waals surface area contributed by atoms with E-state index >= 15 is 0 Å². The van der Waals surface area contributed by atoms with Crippen LogP contribution in [0.1, 0.15) is 34.3 Å². The van der Waals surface area contributed by atoms with Crippen LogP contribution in [-0.4, -0.2) is 56.4 Å². The van der Waals surface area contributed by atoms with Crippen molar-refractivity contribution in [3.05, 3.63) is 58.9 Å². The Balaban J connectivity index is 1.76. The zero-order valence-electron chi connectivity index (χ0n) is 18.7. The van der Waals surface area contributed by atoms with Gasteiger partial charge < -0.3 is 29.8 Å². The summed E-state index contributed by atoms with van der Waals surface area (Å²) >= 11 is 0. The van der Waals surface area contributed by atoms with Gasteiger partial charge in [-0.15, -0.1) is 0 Å². The molecule has 1 heterocycles. The van der Waals surface area contributed by atoms with E-state index in [1.165, 1.54) is 18.0 Å². The molecule has 1 aliphatic heterocycles. The average Bonchev–Trinajstić information content (AvgIpc) is 3.16. The minimum absolute atomic E-state index is 0.172. The number of rotatable bonds is 12. The van der Waals surface area contributed by atoms with Gasteiger partial charge in [0.2, 0.25) is 5.91 Å². The average molecular weight is 458 g/mol. The lowest BCUT2D eigenvalue weighted by Crippen LogP contribution is -2.46. The normalized spacial score (nSPS) is 13.4. The first-order chi connectivity index (χ1) is 16.0. The molecular weight excluding hydrogens is 429 g/mol. The first kappa shape index (κ1) is 24.2. The standard InChI is InChI=1S/C24H28FN3O5/c1-26-23(30)22(7-4-10-29)28-15-19-18(24(28)31)5-3-6-21(19)27-14-16-13-17(8-9-20(16)25)33-12-11-32-2/h3,5-6,8-10,13,22,27H,4,7,11-12,14-15H2,1-2H3,(H,26,30). The van der Waals surface area contributed by atoms with Gasteiger partial charge in [0.25, 0.3) is 5.91 Å². The number of halogens is 1. The fourth-order valence-corrected chi connectivity index (χ4v) is 3.80. The summed E-state index contributed by atoms with van der Waals surface area (Å²) in [5.74, 6) is -0.429. The molecule has 0 aliphatic carbocycles. The topological polar surface area (TPSA) is 97.0 Å². The van der Waals surface area contributed by atoms with Crippen LogP contribution in [0.2, 0.25) is 0 Å². The van der Waals surface area contributed by atoms with Gasteiger partial charge in [-0.05, 0) is 36.8 Å². The number of nitrogens with one attached hydrogen (secondary N) is 2. The van der Waals surface area contributed by atoms with Crippen LogP contribution in [0.3, 0.4) is 0 Å². The predicted molar refractivity (Wildman–Crippen MR) is 121 cm³/mol. The zero-order valence-corrected chi connectivity index (χ0v) is 18.7. The lowest BCUT2D eigenvalue weighted by molar-refractivity contribution is -0.125. The van der Waals surface area contributed by atoms with E-state index in [0.29, 0.717) is 35.8 Å². The van der Waals surface area contributed by atoms with Crippen molar-refractivity contribution in [2.24, 2.45) is 0 Å². The number of benzene rings is 2. The van der Waals surface area contributed by atoms with Gasteiger partial charge >= 0.3 is 0 Å². The second-order valence-electron chi connectivity index (χ2n) is 7.59. The number of anilines is 1. The molecule has 0 spiro atoms. The van der Waals surface area contributed by atoms with Gasteiger partial charge in [0.1, 0.15) is 30.5 Å². The lowest BCUT2D eigenvalue weighted by Gasteiger charge is -2.25. The van der Waals surface area contributed by atoms with Gasteiger partial charge in [-0.2, -0.15) is 0 Å². The van der Waals surface area contributed by atoms with Crippen molar-refractivity contribution in [1.82, 2.24) is 10.2 Å². The lowest BCUT2D eigenvalue weighted by atomic mass is 10.1. The third-order valence-corrected chi connectivity index (χ3v) is 5.52. The molecule has 33 heavy (non-hydrogen) atoms. The second-order valence-corrected chi connectivity index (χ2v) is 7.59. The maximum absolute atomic E-state index is 14.4. The number of hydrogen-bond acceptors (Lipinski definition) is 6. The number of methoxy groups -OCH3 is 1. The van der Waals surface area contributed by atoms with Crippen molar-refractivity contribution >= 4 is 23.8 Å². The summed E-state index contributed by atoms with van der Waals surface area (Å²) in [5, 5.41) is 5.77. The van der Waals surface area contributed by atoms with E-state index in [1.807, 2.05) is 6.07 Å². The highest BCUT2D eigenvalue weighted by Gasteiger charge is 2.36. The fourth-order valence-electron chi connectivity index (χ4n) is 3.80. The number of aldehydes is 1. The van der Waals surface area contributed by atoms with Crippen molar-refractivity contribution in [2.45, 2.75) is 32.0 Å². The van der Waals surface area contributed by atoms with E-state index in [1.54, 1.807) is 31.4 Å². The summed E-state index contributed by atoms with van der Waals surface area (Å²) in [6.07, 6.45) is 1.15. The van der Waals surface area contributed by atoms with Gasteiger partial charge in [-0.25, -0.2) is 4.39 Å². The van der Waals surface area contributed by atoms with E-state index in [2.05, 4.69) is 10.6 Å². The molecule has 176 valence electrons. The third-order valence-electron chi connectivity index (χ3n) is 5.52. The summed E-state index contributed by atoms with van der Waals surface area (Å²) in [6, 6.07) is 9.04. The second kappa shape index (κ2) is 11.4. The van der Waals surface area contributed by atoms with Gasteiger partial charge in [-0.3, -0.25) is 9.59 Å². The molecule has 8 nitrogen and oxygen atoms in total. The number of nitrogens with zero attached hydrogens (tertiary/aromatic N) is 1. The molecule has 3 rings (SSSR count). The third kappa shape index (κ3) is 5.67. The van der Waals surface area contributed by atoms with E-state index in [9.17, 15) is 18.8 Å². The molecule has 0 fully saturated rings. The summed E-state index contributed by atoms with van der Waals surface area (Å²) < 4.78 is 24.9. The molecule has 0 saturated heterocycles. The van der Waals surface area contributed by atoms with Crippen molar-refractivity contribution in [3.63, 3.8) is 0 Å². The summed E-state index contributed by atoms with van der Waals surface area (Å²) in [7, 11) is 3.07. The first-order valence-corrected chi connectivity index (χ1v) is 10.7. The number of amides is 2. The maximum atomic E-state index is 14.4. The highest BCUT2D eigenvalue weighted by Crippen LogP contribution is 2.32. The summed E-state index contributed by atoms with van der Waals surface area (Å²) in [4.78, 5) is 37.7. The minimum atomic E-state index is -0.744. The number of hydrogen-bond donors (Lipinski definition) is 2. The molecule has 9 heteroatoms. The molecule has 2 aromatic carbocycles. The van der Waals surface area contributed by atoms with Crippen LogP contribution >= 0.6 is 0 Å². The summed E-state index contributed by atoms with van der Waals surface area (Å²) in [6.45, 7) is 1.18. The number of ether oxygens (including phenoxy) is 2. The van der Waals surface area contributed by atoms with Crippen LogP contribution < -0.4 is 15.4 Å². The molecule has 0 aromatic heterocycles. The monoisotopic (exact) mass is 457 g/mol. The largest absolute Gasteiger partial charge is 0.491 e. The van der Waals surface area contributed by atoms with E-state index in [0.717, 1.165) is 11.8 Å². The molecule has 1 aliphatic rings. The molecular formula is C24H28FN3O5. The fraction of sp³-hybridized carbons (Fsp3) is 0.375. The Hall–Kier alpha value is -3.46. The van der Waals surface area contributed by atoms with Crippen LogP contribution in [0, 0.1) is 5.82 Å². The Morgan fingerprint density at radius 3 is 2.82 bits per heavy atom. The highest BCUT2D eigenvalue weighted by atomic mass is 19.1. The minimum Gasteiger partial charge on any atom is -0.491 e. The van der Waals surface area contributed by atoms with Crippen molar-refractivity contribution in [1.29, 1.82) is 0 Å². The highest BCUT2D eigenvalue weighted by molar-refractivity contribution is 6.02. The number of carbonyl (C=O) groups is 3. The Labute approximate surface area is 192 Å². The van der Waals surface area contributed by atoms with Crippen LogP contribution in [0.5, 0.6) is 5.75 Å². The number of likely N-dealkylation sites (N-methyl/N-ethyl adjacent to an activating group) is 1. The van der Waals surface area contributed by atoms with Crippen LogP contribution in [0.15, 0.2) is 36.4 Å². The molecule has 2 amide bonds. The van der Waals surface area contributed by atoms with Crippen molar-refractivity contribution in [2.75, 3.05) is 32.7 Å². The molecule has 2 N–H and O–H groups in total. The van der Waals surface area contributed by atoms with Crippen molar-refractivity contribution in [3.8, 4) is 5.75 Å². The summed E-state index contributed by atoms with van der Waals surface area (Å²) in [5.41, 5.74) is 2.31. The van der Waals surface area contributed by atoms with E-state index in [4.69, 9.17) is 9.47 Å².